The zero-order valence-corrected chi connectivity index (χ0v) is 9.17. The minimum atomic E-state index is -0.214. The Bertz CT molecular complexity index is 378. The molecule has 0 aromatic carbocycles. The molecule has 8 nitrogen and oxygen atoms in total. The fourth-order valence-electron chi connectivity index (χ4n) is 1.63. The zero-order chi connectivity index (χ0) is 11.5. The summed E-state index contributed by atoms with van der Waals surface area (Å²) in [5.74, 6) is -0.145. The molecular formula is C8H14N6O2. The third-order valence-electron chi connectivity index (χ3n) is 2.53. The van der Waals surface area contributed by atoms with Crippen LogP contribution in [0, 0.1) is 5.92 Å². The van der Waals surface area contributed by atoms with E-state index in [1.54, 1.807) is 14.1 Å². The SMILES string of the molecule is CNC1COCC1C(=O)Nc1nnn(C)n1. The molecule has 16 heavy (non-hydrogen) atoms. The molecule has 1 aromatic heterocycles. The monoisotopic (exact) mass is 226 g/mol. The topological polar surface area (TPSA) is 94.0 Å². The summed E-state index contributed by atoms with van der Waals surface area (Å²) >= 11 is 0. The minimum Gasteiger partial charge on any atom is -0.379 e. The molecule has 0 radical (unpaired) electrons. The van der Waals surface area contributed by atoms with Gasteiger partial charge in [0.2, 0.25) is 5.91 Å². The Kier molecular flexibility index (Phi) is 3.11. The minimum absolute atomic E-state index is 0.0386. The van der Waals surface area contributed by atoms with Crippen molar-refractivity contribution in [2.24, 2.45) is 13.0 Å². The van der Waals surface area contributed by atoms with E-state index in [0.717, 1.165) is 0 Å². The van der Waals surface area contributed by atoms with Crippen molar-refractivity contribution in [1.29, 1.82) is 0 Å². The van der Waals surface area contributed by atoms with Gasteiger partial charge in [0.05, 0.1) is 26.2 Å². The lowest BCUT2D eigenvalue weighted by Crippen LogP contribution is -2.39. The number of nitrogens with zero attached hydrogens (tertiary/aromatic N) is 4. The van der Waals surface area contributed by atoms with Gasteiger partial charge >= 0.3 is 0 Å². The fraction of sp³-hybridized carbons (Fsp3) is 0.750. The maximum atomic E-state index is 11.8. The van der Waals surface area contributed by atoms with Crippen LogP contribution in [0.4, 0.5) is 5.95 Å². The van der Waals surface area contributed by atoms with Crippen molar-refractivity contribution in [3.63, 3.8) is 0 Å². The van der Waals surface area contributed by atoms with Crippen LogP contribution in [0.5, 0.6) is 0 Å². The predicted octanol–water partition coefficient (Wildman–Crippen LogP) is -1.62. The van der Waals surface area contributed by atoms with Crippen molar-refractivity contribution in [3.8, 4) is 0 Å². The van der Waals surface area contributed by atoms with E-state index in [2.05, 4.69) is 26.0 Å². The van der Waals surface area contributed by atoms with Gasteiger partial charge in [-0.3, -0.25) is 10.1 Å². The lowest BCUT2D eigenvalue weighted by molar-refractivity contribution is -0.120. The number of tetrazole rings is 1. The summed E-state index contributed by atoms with van der Waals surface area (Å²) in [7, 11) is 3.44. The molecular weight excluding hydrogens is 212 g/mol. The van der Waals surface area contributed by atoms with E-state index in [1.807, 2.05) is 0 Å². The van der Waals surface area contributed by atoms with Gasteiger partial charge in [-0.25, -0.2) is 0 Å². The van der Waals surface area contributed by atoms with Gasteiger partial charge in [0.1, 0.15) is 0 Å². The van der Waals surface area contributed by atoms with E-state index in [9.17, 15) is 4.79 Å². The van der Waals surface area contributed by atoms with Gasteiger partial charge in [-0.1, -0.05) is 5.10 Å². The van der Waals surface area contributed by atoms with E-state index in [0.29, 0.717) is 13.2 Å². The van der Waals surface area contributed by atoms with Gasteiger partial charge in [0.15, 0.2) is 0 Å². The highest BCUT2D eigenvalue weighted by atomic mass is 16.5. The van der Waals surface area contributed by atoms with E-state index < -0.39 is 0 Å². The molecule has 0 spiro atoms. The second-order valence-electron chi connectivity index (χ2n) is 3.63. The molecule has 2 unspecified atom stereocenters. The van der Waals surface area contributed by atoms with Crippen molar-refractivity contribution < 1.29 is 9.53 Å². The first kappa shape index (κ1) is 11.0. The zero-order valence-electron chi connectivity index (χ0n) is 9.17. The van der Waals surface area contributed by atoms with Crippen molar-refractivity contribution in [2.45, 2.75) is 6.04 Å². The normalized spacial score (nSPS) is 24.6. The van der Waals surface area contributed by atoms with Gasteiger partial charge in [-0.15, -0.1) is 5.10 Å². The van der Waals surface area contributed by atoms with Gasteiger partial charge in [-0.2, -0.15) is 4.80 Å². The molecule has 0 saturated carbocycles. The Morgan fingerprint density at radius 1 is 1.56 bits per heavy atom. The largest absolute Gasteiger partial charge is 0.379 e. The molecule has 2 N–H and O–H groups in total. The number of hydrogen-bond acceptors (Lipinski definition) is 6. The third kappa shape index (κ3) is 2.17. The Labute approximate surface area is 92.3 Å². The first-order valence-corrected chi connectivity index (χ1v) is 5.00. The Hall–Kier alpha value is -1.54. The number of aromatic nitrogens is 4. The number of rotatable bonds is 3. The molecule has 0 bridgehead atoms. The molecule has 1 fully saturated rings. The summed E-state index contributed by atoms with van der Waals surface area (Å²) in [5.41, 5.74) is 0. The van der Waals surface area contributed by atoms with Crippen LogP contribution >= 0.6 is 0 Å². The summed E-state index contributed by atoms with van der Waals surface area (Å²) in [6, 6.07) is 0.0386. The quantitative estimate of drug-likeness (QED) is 0.643. The molecule has 1 aromatic rings. The maximum absolute atomic E-state index is 11.8. The predicted molar refractivity (Wildman–Crippen MR) is 54.6 cm³/mol. The van der Waals surface area contributed by atoms with Gasteiger partial charge in [0, 0.05) is 6.04 Å². The number of hydrogen-bond donors (Lipinski definition) is 2. The van der Waals surface area contributed by atoms with Crippen molar-refractivity contribution in [2.75, 3.05) is 25.6 Å². The summed E-state index contributed by atoms with van der Waals surface area (Å²) in [5, 5.41) is 16.8. The molecule has 8 heteroatoms. The lowest BCUT2D eigenvalue weighted by Gasteiger charge is -2.14. The molecule has 2 atom stereocenters. The third-order valence-corrected chi connectivity index (χ3v) is 2.53. The lowest BCUT2D eigenvalue weighted by atomic mass is 10.0. The van der Waals surface area contributed by atoms with Gasteiger partial charge in [0.25, 0.3) is 5.95 Å². The highest BCUT2D eigenvalue weighted by Gasteiger charge is 2.33. The molecule has 2 heterocycles. The molecule has 88 valence electrons. The Balaban J connectivity index is 1.97. The van der Waals surface area contributed by atoms with Crippen LogP contribution in [0.25, 0.3) is 0 Å². The molecule has 1 saturated heterocycles. The molecule has 0 aliphatic carbocycles. The molecule has 1 aliphatic rings. The number of anilines is 1. The number of aryl methyl sites for hydroxylation is 1. The van der Waals surface area contributed by atoms with Crippen LogP contribution in [0.2, 0.25) is 0 Å². The van der Waals surface area contributed by atoms with Crippen LogP contribution in [-0.2, 0) is 16.6 Å². The first-order valence-electron chi connectivity index (χ1n) is 5.00. The number of ether oxygens (including phenoxy) is 1. The Morgan fingerprint density at radius 3 is 3.00 bits per heavy atom. The standard InChI is InChI=1S/C8H14N6O2/c1-9-6-4-16-3-5(6)7(15)10-8-11-13-14(2)12-8/h5-6,9H,3-4H2,1-2H3,(H,10,12,15). The summed E-state index contributed by atoms with van der Waals surface area (Å²) in [6.45, 7) is 0.958. The average molecular weight is 226 g/mol. The van der Waals surface area contributed by atoms with Crippen LogP contribution in [-0.4, -0.2) is 52.4 Å². The highest BCUT2D eigenvalue weighted by Crippen LogP contribution is 2.14. The molecule has 1 amide bonds. The maximum Gasteiger partial charge on any atom is 0.270 e. The smallest absolute Gasteiger partial charge is 0.270 e. The highest BCUT2D eigenvalue weighted by molar-refractivity contribution is 5.91. The number of likely N-dealkylation sites (N-methyl/N-ethyl adjacent to an activating group) is 1. The van der Waals surface area contributed by atoms with E-state index in [4.69, 9.17) is 4.74 Å². The summed E-state index contributed by atoms with van der Waals surface area (Å²) in [4.78, 5) is 13.1. The van der Waals surface area contributed by atoms with Crippen LogP contribution in [0.1, 0.15) is 0 Å². The number of amides is 1. The van der Waals surface area contributed by atoms with E-state index in [-0.39, 0.29) is 23.8 Å². The van der Waals surface area contributed by atoms with E-state index >= 15 is 0 Å². The van der Waals surface area contributed by atoms with Crippen LogP contribution in [0.15, 0.2) is 0 Å². The number of carbonyl (C=O) groups is 1. The van der Waals surface area contributed by atoms with E-state index in [1.165, 1.54) is 4.80 Å². The molecule has 2 rings (SSSR count). The van der Waals surface area contributed by atoms with Crippen molar-refractivity contribution >= 4 is 11.9 Å². The van der Waals surface area contributed by atoms with Crippen molar-refractivity contribution in [3.05, 3.63) is 0 Å². The Morgan fingerprint density at radius 2 is 2.38 bits per heavy atom. The van der Waals surface area contributed by atoms with Crippen LogP contribution in [0.3, 0.4) is 0 Å². The second kappa shape index (κ2) is 4.54. The van der Waals surface area contributed by atoms with Gasteiger partial charge in [-0.05, 0) is 12.3 Å². The number of carbonyl (C=O) groups excluding carboxylic acids is 1. The first-order chi connectivity index (χ1) is 7.70. The fourth-order valence-corrected chi connectivity index (χ4v) is 1.63. The average Bonchev–Trinajstić information content (AvgIpc) is 2.86. The van der Waals surface area contributed by atoms with Crippen LogP contribution < -0.4 is 10.6 Å². The molecule has 1 aliphatic heterocycles. The van der Waals surface area contributed by atoms with Crippen molar-refractivity contribution in [1.82, 2.24) is 25.5 Å². The van der Waals surface area contributed by atoms with Gasteiger partial charge < -0.3 is 10.1 Å². The summed E-state index contributed by atoms with van der Waals surface area (Å²) in [6.07, 6.45) is 0. The second-order valence-corrected chi connectivity index (χ2v) is 3.63. The summed E-state index contributed by atoms with van der Waals surface area (Å²) < 4.78 is 5.24. The number of nitrogens with one attached hydrogen (secondary N) is 2.